The Morgan fingerprint density at radius 2 is 1.92 bits per heavy atom. The van der Waals surface area contributed by atoms with E-state index in [1.807, 2.05) is 43.3 Å². The normalized spacial score (nSPS) is 17.7. The van der Waals surface area contributed by atoms with Crippen LogP contribution in [0.4, 0.5) is 0 Å². The van der Waals surface area contributed by atoms with Crippen LogP contribution in [0.1, 0.15) is 35.7 Å². The predicted molar refractivity (Wildman–Crippen MR) is 103 cm³/mol. The minimum absolute atomic E-state index is 0.0303. The van der Waals surface area contributed by atoms with Gasteiger partial charge in [-0.25, -0.2) is 0 Å². The molecule has 0 bridgehead atoms. The molecule has 1 aliphatic rings. The van der Waals surface area contributed by atoms with E-state index in [1.165, 1.54) is 5.56 Å². The largest absolute Gasteiger partial charge is 0.496 e. The summed E-state index contributed by atoms with van der Waals surface area (Å²) < 4.78 is 10.9. The molecule has 0 amide bonds. The fourth-order valence-electron chi connectivity index (χ4n) is 3.60. The van der Waals surface area contributed by atoms with Gasteiger partial charge in [0.25, 0.3) is 0 Å². The maximum absolute atomic E-state index is 13.0. The molecule has 0 radical (unpaired) electrons. The van der Waals surface area contributed by atoms with Crippen molar-refractivity contribution in [1.82, 2.24) is 4.90 Å². The molecule has 0 N–H and O–H groups in total. The monoisotopic (exact) mass is 353 g/mol. The fraction of sp³-hybridized carbons (Fsp3) is 0.409. The molecule has 3 rings (SSSR count). The average molecular weight is 353 g/mol. The lowest BCUT2D eigenvalue weighted by molar-refractivity contribution is 0.0808. The van der Waals surface area contributed by atoms with Gasteiger partial charge in [-0.05, 0) is 56.1 Å². The Labute approximate surface area is 155 Å². The highest BCUT2D eigenvalue weighted by atomic mass is 16.5. The number of ether oxygens (including phenoxy) is 2. The lowest BCUT2D eigenvalue weighted by atomic mass is 9.89. The Morgan fingerprint density at radius 1 is 1.15 bits per heavy atom. The maximum Gasteiger partial charge on any atom is 0.170 e. The van der Waals surface area contributed by atoms with Gasteiger partial charge in [0, 0.05) is 19.0 Å². The summed E-state index contributed by atoms with van der Waals surface area (Å²) in [7, 11) is 1.62. The van der Waals surface area contributed by atoms with E-state index in [1.54, 1.807) is 7.11 Å². The van der Waals surface area contributed by atoms with E-state index in [0.717, 1.165) is 38.2 Å². The van der Waals surface area contributed by atoms with Gasteiger partial charge < -0.3 is 9.47 Å². The number of carbonyl (C=O) groups is 1. The first-order valence-electron chi connectivity index (χ1n) is 9.32. The second kappa shape index (κ2) is 8.86. The number of hydrogen-bond donors (Lipinski definition) is 0. The third kappa shape index (κ3) is 4.44. The van der Waals surface area contributed by atoms with Crippen molar-refractivity contribution < 1.29 is 14.3 Å². The number of ketones is 1. The molecule has 1 heterocycles. The predicted octanol–water partition coefficient (Wildman–Crippen LogP) is 4.19. The molecular formula is C22H27NO3. The van der Waals surface area contributed by atoms with Crippen LogP contribution in [-0.4, -0.2) is 37.5 Å². The summed E-state index contributed by atoms with van der Waals surface area (Å²) in [6.07, 6.45) is 1.99. The number of methoxy groups -OCH3 is 1. The van der Waals surface area contributed by atoms with Crippen molar-refractivity contribution in [3.05, 3.63) is 59.7 Å². The highest BCUT2D eigenvalue weighted by Crippen LogP contribution is 2.27. The Bertz CT molecular complexity index is 726. The standard InChI is InChI=1S/C22H27NO3/c1-3-26-19-12-10-17(11-13-19)15-23-14-6-7-18(16-23)22(24)20-8-4-5-9-21(20)25-2/h4-5,8-13,18H,3,6-7,14-16H2,1-2H3/t18-/m1/s1. The second-order valence-electron chi connectivity index (χ2n) is 6.72. The summed E-state index contributed by atoms with van der Waals surface area (Å²) >= 11 is 0. The first kappa shape index (κ1) is 18.5. The summed E-state index contributed by atoms with van der Waals surface area (Å²) in [5, 5.41) is 0. The van der Waals surface area contributed by atoms with Gasteiger partial charge in [0.05, 0.1) is 19.3 Å². The molecule has 1 aliphatic heterocycles. The summed E-state index contributed by atoms with van der Waals surface area (Å²) in [6.45, 7) is 5.36. The van der Waals surface area contributed by atoms with Gasteiger partial charge in [-0.2, -0.15) is 0 Å². The van der Waals surface area contributed by atoms with Crippen LogP contribution in [0.25, 0.3) is 0 Å². The van der Waals surface area contributed by atoms with E-state index in [2.05, 4.69) is 17.0 Å². The average Bonchev–Trinajstić information content (AvgIpc) is 2.69. The van der Waals surface area contributed by atoms with Crippen LogP contribution >= 0.6 is 0 Å². The molecule has 138 valence electrons. The van der Waals surface area contributed by atoms with E-state index < -0.39 is 0 Å². The third-order valence-electron chi connectivity index (χ3n) is 4.89. The van der Waals surface area contributed by atoms with Crippen LogP contribution in [-0.2, 0) is 6.54 Å². The zero-order valence-corrected chi connectivity index (χ0v) is 15.6. The Morgan fingerprint density at radius 3 is 2.65 bits per heavy atom. The van der Waals surface area contributed by atoms with E-state index in [0.29, 0.717) is 17.9 Å². The maximum atomic E-state index is 13.0. The first-order chi connectivity index (χ1) is 12.7. The molecule has 0 unspecified atom stereocenters. The number of Topliss-reactive ketones (excluding diaryl/α,β-unsaturated/α-hetero) is 1. The molecule has 26 heavy (non-hydrogen) atoms. The van der Waals surface area contributed by atoms with Gasteiger partial charge in [0.15, 0.2) is 5.78 Å². The van der Waals surface area contributed by atoms with Crippen LogP contribution in [0.2, 0.25) is 0 Å². The van der Waals surface area contributed by atoms with E-state index in [-0.39, 0.29) is 11.7 Å². The Balaban J connectivity index is 1.64. The van der Waals surface area contributed by atoms with Gasteiger partial charge >= 0.3 is 0 Å². The zero-order chi connectivity index (χ0) is 18.4. The van der Waals surface area contributed by atoms with Crippen molar-refractivity contribution in [3.63, 3.8) is 0 Å². The highest BCUT2D eigenvalue weighted by molar-refractivity contribution is 6.00. The number of likely N-dealkylation sites (tertiary alicyclic amines) is 1. The van der Waals surface area contributed by atoms with Gasteiger partial charge in [-0.1, -0.05) is 24.3 Å². The van der Waals surface area contributed by atoms with Crippen molar-refractivity contribution in [2.45, 2.75) is 26.3 Å². The van der Waals surface area contributed by atoms with Gasteiger partial charge in [0.1, 0.15) is 11.5 Å². The molecule has 2 aromatic rings. The molecule has 0 aromatic heterocycles. The highest BCUT2D eigenvalue weighted by Gasteiger charge is 2.28. The Kier molecular flexibility index (Phi) is 6.29. The van der Waals surface area contributed by atoms with Crippen molar-refractivity contribution in [2.24, 2.45) is 5.92 Å². The second-order valence-corrected chi connectivity index (χ2v) is 6.72. The number of hydrogen-bond acceptors (Lipinski definition) is 4. The van der Waals surface area contributed by atoms with Crippen LogP contribution in [0.3, 0.4) is 0 Å². The number of carbonyl (C=O) groups excluding carboxylic acids is 1. The molecule has 4 heteroatoms. The van der Waals surface area contributed by atoms with Crippen molar-refractivity contribution >= 4 is 5.78 Å². The topological polar surface area (TPSA) is 38.8 Å². The molecule has 4 nitrogen and oxygen atoms in total. The van der Waals surface area contributed by atoms with Gasteiger partial charge in [0.2, 0.25) is 0 Å². The van der Waals surface area contributed by atoms with E-state index >= 15 is 0 Å². The minimum atomic E-state index is 0.0303. The van der Waals surface area contributed by atoms with Crippen LogP contribution in [0, 0.1) is 5.92 Å². The van der Waals surface area contributed by atoms with Gasteiger partial charge in [-0.15, -0.1) is 0 Å². The number of piperidine rings is 1. The summed E-state index contributed by atoms with van der Waals surface area (Å²) in [5.74, 6) is 1.79. The van der Waals surface area contributed by atoms with Crippen LogP contribution < -0.4 is 9.47 Å². The van der Waals surface area contributed by atoms with Crippen molar-refractivity contribution in [3.8, 4) is 11.5 Å². The SMILES string of the molecule is CCOc1ccc(CN2CCC[C@@H](C(=O)c3ccccc3OC)C2)cc1. The summed E-state index contributed by atoms with van der Waals surface area (Å²) in [5.41, 5.74) is 1.95. The number of para-hydroxylation sites is 1. The van der Waals surface area contributed by atoms with Crippen molar-refractivity contribution in [2.75, 3.05) is 26.8 Å². The number of benzene rings is 2. The minimum Gasteiger partial charge on any atom is -0.496 e. The smallest absolute Gasteiger partial charge is 0.170 e. The molecule has 2 aromatic carbocycles. The van der Waals surface area contributed by atoms with Crippen LogP contribution in [0.15, 0.2) is 48.5 Å². The van der Waals surface area contributed by atoms with E-state index in [4.69, 9.17) is 9.47 Å². The molecule has 0 spiro atoms. The lowest BCUT2D eigenvalue weighted by Gasteiger charge is -2.32. The molecule has 1 atom stereocenters. The Hall–Kier alpha value is -2.33. The molecule has 0 saturated carbocycles. The van der Waals surface area contributed by atoms with Crippen LogP contribution in [0.5, 0.6) is 11.5 Å². The lowest BCUT2D eigenvalue weighted by Crippen LogP contribution is -2.38. The van der Waals surface area contributed by atoms with Gasteiger partial charge in [-0.3, -0.25) is 9.69 Å². The number of nitrogens with zero attached hydrogens (tertiary/aromatic N) is 1. The summed E-state index contributed by atoms with van der Waals surface area (Å²) in [6, 6.07) is 15.8. The summed E-state index contributed by atoms with van der Waals surface area (Å²) in [4.78, 5) is 15.3. The quantitative estimate of drug-likeness (QED) is 0.700. The molecule has 0 aliphatic carbocycles. The molecule has 1 saturated heterocycles. The third-order valence-corrected chi connectivity index (χ3v) is 4.89. The van der Waals surface area contributed by atoms with Crippen molar-refractivity contribution in [1.29, 1.82) is 0 Å². The first-order valence-corrected chi connectivity index (χ1v) is 9.32. The molecular weight excluding hydrogens is 326 g/mol. The fourth-order valence-corrected chi connectivity index (χ4v) is 3.60. The van der Waals surface area contributed by atoms with E-state index in [9.17, 15) is 4.79 Å². The molecule has 1 fully saturated rings. The zero-order valence-electron chi connectivity index (χ0n) is 15.6. The number of rotatable bonds is 7.